The fourth-order valence-corrected chi connectivity index (χ4v) is 4.62. The van der Waals surface area contributed by atoms with Crippen LogP contribution in [-0.4, -0.2) is 30.9 Å². The molecule has 10 heteroatoms. The first-order chi connectivity index (χ1) is 15.0. The van der Waals surface area contributed by atoms with Crippen molar-refractivity contribution < 1.29 is 17.2 Å². The predicted molar refractivity (Wildman–Crippen MR) is 124 cm³/mol. The summed E-state index contributed by atoms with van der Waals surface area (Å²) in [4.78, 5) is 4.95. The van der Waals surface area contributed by atoms with Gasteiger partial charge in [-0.2, -0.15) is 0 Å². The van der Waals surface area contributed by atoms with Crippen molar-refractivity contribution in [3.63, 3.8) is 0 Å². The van der Waals surface area contributed by atoms with E-state index in [0.29, 0.717) is 13.1 Å². The van der Waals surface area contributed by atoms with Gasteiger partial charge < -0.3 is 5.32 Å². The molecule has 1 aromatic heterocycles. The van der Waals surface area contributed by atoms with E-state index in [1.165, 1.54) is 10.9 Å². The summed E-state index contributed by atoms with van der Waals surface area (Å²) in [5.74, 6) is -2.36. The van der Waals surface area contributed by atoms with Crippen molar-refractivity contribution in [2.45, 2.75) is 44.3 Å². The maximum Gasteiger partial charge on any atom is 0.268 e. The summed E-state index contributed by atoms with van der Waals surface area (Å²) < 4.78 is 56.1. The van der Waals surface area contributed by atoms with Gasteiger partial charge in [0.2, 0.25) is 0 Å². The highest BCUT2D eigenvalue weighted by Crippen LogP contribution is 2.26. The molecule has 3 rings (SSSR count). The first-order valence-corrected chi connectivity index (χ1v) is 12.3. The summed E-state index contributed by atoms with van der Waals surface area (Å²) in [5.41, 5.74) is 3.61. The highest BCUT2D eigenvalue weighted by Gasteiger charge is 2.26. The van der Waals surface area contributed by atoms with Crippen LogP contribution in [0.3, 0.4) is 0 Å². The Balaban J connectivity index is 1.78. The highest BCUT2D eigenvalue weighted by atomic mass is 32.2. The van der Waals surface area contributed by atoms with Crippen molar-refractivity contribution in [1.82, 2.24) is 9.88 Å². The van der Waals surface area contributed by atoms with Gasteiger partial charge in [-0.3, -0.25) is 9.62 Å². The van der Waals surface area contributed by atoms with Crippen LogP contribution in [0.2, 0.25) is 0 Å². The van der Waals surface area contributed by atoms with Gasteiger partial charge >= 0.3 is 0 Å². The molecule has 0 spiro atoms. The Morgan fingerprint density at radius 2 is 1.72 bits per heavy atom. The van der Waals surface area contributed by atoms with E-state index in [9.17, 15) is 17.2 Å². The Morgan fingerprint density at radius 1 is 1.09 bits per heavy atom. The number of nitrogens with one attached hydrogen (secondary N) is 2. The SMILES string of the molecule is CN(Cc1ccccc1CNc1cc(F)c(S(=O)(=O)Nc2cscn2)c(F)c1)C(C)(C)C. The second-order valence-electron chi connectivity index (χ2n) is 8.40. The van der Waals surface area contributed by atoms with E-state index in [4.69, 9.17) is 0 Å². The molecular formula is C22H26F2N4O2S2. The minimum absolute atomic E-state index is 0.00725. The van der Waals surface area contributed by atoms with Crippen LogP contribution in [0.25, 0.3) is 0 Å². The van der Waals surface area contributed by atoms with Gasteiger partial charge in [0.25, 0.3) is 10.0 Å². The van der Waals surface area contributed by atoms with Gasteiger partial charge in [0, 0.05) is 29.7 Å². The van der Waals surface area contributed by atoms with E-state index < -0.39 is 26.6 Å². The predicted octanol–water partition coefficient (Wildman–Crippen LogP) is 5.06. The van der Waals surface area contributed by atoms with Gasteiger partial charge in [0.1, 0.15) is 11.6 Å². The van der Waals surface area contributed by atoms with Crippen LogP contribution in [0.5, 0.6) is 0 Å². The number of aromatic nitrogens is 1. The molecule has 0 radical (unpaired) electrons. The van der Waals surface area contributed by atoms with Crippen LogP contribution < -0.4 is 10.0 Å². The fourth-order valence-electron chi connectivity index (χ4n) is 2.94. The number of hydrogen-bond donors (Lipinski definition) is 2. The maximum absolute atomic E-state index is 14.6. The molecule has 0 bridgehead atoms. The lowest BCUT2D eigenvalue weighted by Gasteiger charge is -2.32. The van der Waals surface area contributed by atoms with Crippen LogP contribution in [0.1, 0.15) is 31.9 Å². The fraction of sp³-hybridized carbons (Fsp3) is 0.318. The third-order valence-corrected chi connectivity index (χ3v) is 7.08. The van der Waals surface area contributed by atoms with E-state index in [1.807, 2.05) is 31.3 Å². The molecule has 3 aromatic rings. The van der Waals surface area contributed by atoms with Crippen LogP contribution >= 0.6 is 11.3 Å². The van der Waals surface area contributed by atoms with E-state index in [2.05, 4.69) is 40.7 Å². The number of hydrogen-bond acceptors (Lipinski definition) is 6. The number of anilines is 2. The summed E-state index contributed by atoms with van der Waals surface area (Å²) in [6.07, 6.45) is 0. The number of rotatable bonds is 8. The van der Waals surface area contributed by atoms with E-state index in [1.54, 1.807) is 0 Å². The normalized spacial score (nSPS) is 12.2. The van der Waals surface area contributed by atoms with Crippen LogP contribution in [0.4, 0.5) is 20.3 Å². The van der Waals surface area contributed by atoms with Crippen molar-refractivity contribution in [3.05, 3.63) is 70.1 Å². The lowest BCUT2D eigenvalue weighted by Crippen LogP contribution is -2.37. The first kappa shape index (κ1) is 24.1. The van der Waals surface area contributed by atoms with Gasteiger partial charge in [-0.05, 0) is 51.1 Å². The molecule has 0 saturated carbocycles. The smallest absolute Gasteiger partial charge is 0.268 e. The van der Waals surface area contributed by atoms with Crippen molar-refractivity contribution in [3.8, 4) is 0 Å². The molecule has 1 heterocycles. The Hall–Kier alpha value is -2.56. The molecule has 2 N–H and O–H groups in total. The molecule has 0 fully saturated rings. The van der Waals surface area contributed by atoms with Crippen LogP contribution in [-0.2, 0) is 23.1 Å². The Kier molecular flexibility index (Phi) is 7.16. The summed E-state index contributed by atoms with van der Waals surface area (Å²) in [7, 11) is -2.42. The quantitative estimate of drug-likeness (QED) is 0.471. The summed E-state index contributed by atoms with van der Waals surface area (Å²) in [5, 5.41) is 4.42. The maximum atomic E-state index is 14.6. The van der Waals surface area contributed by atoms with Gasteiger partial charge in [0.15, 0.2) is 10.7 Å². The Bertz CT molecular complexity index is 1150. The minimum Gasteiger partial charge on any atom is -0.381 e. The van der Waals surface area contributed by atoms with Crippen LogP contribution in [0.15, 0.2) is 52.2 Å². The second kappa shape index (κ2) is 9.51. The largest absolute Gasteiger partial charge is 0.381 e. The van der Waals surface area contributed by atoms with Gasteiger partial charge in [-0.1, -0.05) is 24.3 Å². The molecule has 32 heavy (non-hydrogen) atoms. The standard InChI is InChI=1S/C22H26F2N4O2S2/c1-22(2,3)28(4)12-16-8-6-5-7-15(16)11-25-17-9-18(23)21(19(24)10-17)32(29,30)27-20-13-31-14-26-20/h5-10,13-14,25,27H,11-12H2,1-4H3. The molecule has 0 amide bonds. The summed E-state index contributed by atoms with van der Waals surface area (Å²) in [6.45, 7) is 7.41. The molecule has 0 atom stereocenters. The van der Waals surface area contributed by atoms with Gasteiger partial charge in [-0.15, -0.1) is 11.3 Å². The average molecular weight is 481 g/mol. The van der Waals surface area contributed by atoms with Gasteiger partial charge in [0.05, 0.1) is 5.51 Å². The summed E-state index contributed by atoms with van der Waals surface area (Å²) in [6, 6.07) is 9.76. The molecule has 6 nitrogen and oxygen atoms in total. The molecular weight excluding hydrogens is 454 g/mol. The van der Waals surface area contributed by atoms with Crippen molar-refractivity contribution in [1.29, 1.82) is 0 Å². The number of thiazole rings is 1. The number of benzene rings is 2. The van der Waals surface area contributed by atoms with E-state index in [0.717, 1.165) is 34.6 Å². The molecule has 0 unspecified atom stereocenters. The van der Waals surface area contributed by atoms with E-state index in [-0.39, 0.29) is 17.0 Å². The Morgan fingerprint density at radius 3 is 2.28 bits per heavy atom. The van der Waals surface area contributed by atoms with Crippen molar-refractivity contribution >= 4 is 32.9 Å². The number of sulfonamides is 1. The molecule has 172 valence electrons. The average Bonchev–Trinajstić information content (AvgIpc) is 3.18. The van der Waals surface area contributed by atoms with E-state index >= 15 is 0 Å². The van der Waals surface area contributed by atoms with Crippen LogP contribution in [0, 0.1) is 11.6 Å². The Labute approximate surface area is 191 Å². The topological polar surface area (TPSA) is 74.3 Å². The lowest BCUT2D eigenvalue weighted by molar-refractivity contribution is 0.167. The zero-order valence-corrected chi connectivity index (χ0v) is 19.9. The molecule has 0 aliphatic carbocycles. The lowest BCUT2D eigenvalue weighted by atomic mass is 10.0. The third-order valence-electron chi connectivity index (χ3n) is 5.09. The third kappa shape index (κ3) is 5.81. The number of nitrogens with zero attached hydrogens (tertiary/aromatic N) is 2. The molecule has 0 aliphatic heterocycles. The summed E-state index contributed by atoms with van der Waals surface area (Å²) >= 11 is 1.16. The first-order valence-electron chi connectivity index (χ1n) is 9.89. The van der Waals surface area contributed by atoms with Crippen molar-refractivity contribution in [2.75, 3.05) is 17.1 Å². The molecule has 0 saturated heterocycles. The van der Waals surface area contributed by atoms with Crippen molar-refractivity contribution in [2.24, 2.45) is 0 Å². The minimum atomic E-state index is -4.45. The zero-order valence-electron chi connectivity index (χ0n) is 18.3. The second-order valence-corrected chi connectivity index (χ2v) is 10.7. The highest BCUT2D eigenvalue weighted by molar-refractivity contribution is 7.92. The zero-order chi connectivity index (χ0) is 23.5. The monoisotopic (exact) mass is 480 g/mol. The number of halogens is 2. The van der Waals surface area contributed by atoms with Gasteiger partial charge in [-0.25, -0.2) is 22.2 Å². The molecule has 0 aliphatic rings. The molecule has 2 aromatic carbocycles.